The Kier molecular flexibility index (Phi) is 7.23. The molecule has 0 bridgehead atoms. The summed E-state index contributed by atoms with van der Waals surface area (Å²) < 4.78 is 0. The summed E-state index contributed by atoms with van der Waals surface area (Å²) in [4.78, 5) is 0. The van der Waals surface area contributed by atoms with E-state index in [-0.39, 0.29) is 19.8 Å². The molecule has 0 saturated heterocycles. The van der Waals surface area contributed by atoms with E-state index in [1.165, 1.54) is 12.8 Å². The number of unbranched alkanes of at least 4 members (excludes halogenated alkanes) is 3. The Morgan fingerprint density at radius 1 is 0.846 bits per heavy atom. The average molecular weight is 190 g/mol. The van der Waals surface area contributed by atoms with Gasteiger partial charge in [0.1, 0.15) is 0 Å². The molecule has 0 aromatic rings. The minimum absolute atomic E-state index is 0.133. The minimum atomic E-state index is -0.659. The molecule has 0 heterocycles. The van der Waals surface area contributed by atoms with E-state index in [1.54, 1.807) is 0 Å². The molecule has 0 saturated carbocycles. The Balaban J connectivity index is 3.68. The molecule has 3 N–H and O–H groups in total. The summed E-state index contributed by atoms with van der Waals surface area (Å²) in [5.74, 6) is 0. The van der Waals surface area contributed by atoms with Crippen LogP contribution >= 0.6 is 0 Å². The first-order chi connectivity index (χ1) is 6.24. The highest BCUT2D eigenvalue weighted by Crippen LogP contribution is 2.23. The molecular formula is C10H22O3. The van der Waals surface area contributed by atoms with Gasteiger partial charge in [-0.25, -0.2) is 0 Å². The summed E-state index contributed by atoms with van der Waals surface area (Å²) >= 11 is 0. The van der Waals surface area contributed by atoms with Crippen LogP contribution in [0.4, 0.5) is 0 Å². The van der Waals surface area contributed by atoms with E-state index in [4.69, 9.17) is 15.3 Å². The van der Waals surface area contributed by atoms with Gasteiger partial charge in [0.15, 0.2) is 0 Å². The quantitative estimate of drug-likeness (QED) is 0.499. The molecule has 3 nitrogen and oxygen atoms in total. The van der Waals surface area contributed by atoms with Gasteiger partial charge < -0.3 is 15.3 Å². The van der Waals surface area contributed by atoms with Crippen molar-refractivity contribution in [2.75, 3.05) is 19.8 Å². The van der Waals surface area contributed by atoms with Crippen LogP contribution in [-0.2, 0) is 0 Å². The van der Waals surface area contributed by atoms with Gasteiger partial charge in [-0.2, -0.15) is 0 Å². The monoisotopic (exact) mass is 190 g/mol. The summed E-state index contributed by atoms with van der Waals surface area (Å²) in [6, 6.07) is 0. The Labute approximate surface area is 80.4 Å². The van der Waals surface area contributed by atoms with Crippen molar-refractivity contribution in [1.29, 1.82) is 0 Å². The lowest BCUT2D eigenvalue weighted by molar-refractivity contribution is -0.00227. The van der Waals surface area contributed by atoms with E-state index in [9.17, 15) is 0 Å². The van der Waals surface area contributed by atoms with Gasteiger partial charge in [0.25, 0.3) is 0 Å². The van der Waals surface area contributed by atoms with E-state index in [2.05, 4.69) is 6.92 Å². The van der Waals surface area contributed by atoms with E-state index < -0.39 is 5.41 Å². The van der Waals surface area contributed by atoms with Crippen LogP contribution in [0.15, 0.2) is 0 Å². The van der Waals surface area contributed by atoms with Crippen molar-refractivity contribution in [3.05, 3.63) is 0 Å². The highest BCUT2D eigenvalue weighted by atomic mass is 16.3. The minimum Gasteiger partial charge on any atom is -0.396 e. The third kappa shape index (κ3) is 4.60. The van der Waals surface area contributed by atoms with E-state index in [0.717, 1.165) is 12.8 Å². The molecule has 80 valence electrons. The summed E-state index contributed by atoms with van der Waals surface area (Å²) in [7, 11) is 0. The van der Waals surface area contributed by atoms with Crippen molar-refractivity contribution in [1.82, 2.24) is 0 Å². The van der Waals surface area contributed by atoms with Crippen LogP contribution < -0.4 is 0 Å². The highest BCUT2D eigenvalue weighted by Gasteiger charge is 2.26. The Bertz CT molecular complexity index is 102. The smallest absolute Gasteiger partial charge is 0.0531 e. The van der Waals surface area contributed by atoms with E-state index in [0.29, 0.717) is 6.42 Å². The van der Waals surface area contributed by atoms with Gasteiger partial charge in [-0.1, -0.05) is 32.6 Å². The van der Waals surface area contributed by atoms with Crippen LogP contribution in [0, 0.1) is 5.41 Å². The van der Waals surface area contributed by atoms with Gasteiger partial charge in [-0.3, -0.25) is 0 Å². The molecule has 3 heteroatoms. The number of aliphatic hydroxyl groups excluding tert-OH is 3. The molecule has 0 aliphatic heterocycles. The maximum atomic E-state index is 9.01. The molecule has 0 rings (SSSR count). The Morgan fingerprint density at radius 3 is 1.77 bits per heavy atom. The van der Waals surface area contributed by atoms with Crippen molar-refractivity contribution in [2.45, 2.75) is 39.0 Å². The summed E-state index contributed by atoms with van der Waals surface area (Å²) in [5, 5.41) is 27.0. The van der Waals surface area contributed by atoms with Gasteiger partial charge in [-0.05, 0) is 6.42 Å². The second-order valence-electron chi connectivity index (χ2n) is 3.79. The Morgan fingerprint density at radius 2 is 1.38 bits per heavy atom. The lowest BCUT2D eigenvalue weighted by atomic mass is 9.85. The third-order valence-corrected chi connectivity index (χ3v) is 2.57. The number of hydrogen-bond acceptors (Lipinski definition) is 3. The SMILES string of the molecule is CCCCCCC(CO)(CO)CO. The van der Waals surface area contributed by atoms with E-state index in [1.807, 2.05) is 0 Å². The van der Waals surface area contributed by atoms with Gasteiger partial charge in [0.05, 0.1) is 19.8 Å². The predicted octanol–water partition coefficient (Wildman–Crippen LogP) is 0.920. The zero-order chi connectivity index (χ0) is 10.2. The molecular weight excluding hydrogens is 168 g/mol. The normalized spacial score (nSPS) is 12.0. The molecule has 0 radical (unpaired) electrons. The van der Waals surface area contributed by atoms with Crippen LogP contribution in [0.2, 0.25) is 0 Å². The maximum absolute atomic E-state index is 9.01. The molecule has 0 fully saturated rings. The van der Waals surface area contributed by atoms with E-state index >= 15 is 0 Å². The molecule has 0 unspecified atom stereocenters. The standard InChI is InChI=1S/C10H22O3/c1-2-3-4-5-6-10(7-11,8-12)9-13/h11-13H,2-9H2,1H3. The summed E-state index contributed by atoms with van der Waals surface area (Å²) in [5.41, 5.74) is -0.659. The zero-order valence-electron chi connectivity index (χ0n) is 8.50. The van der Waals surface area contributed by atoms with Gasteiger partial charge in [0.2, 0.25) is 0 Å². The third-order valence-electron chi connectivity index (χ3n) is 2.57. The highest BCUT2D eigenvalue weighted by molar-refractivity contribution is 4.76. The molecule has 0 atom stereocenters. The van der Waals surface area contributed by atoms with Crippen LogP contribution in [0.1, 0.15) is 39.0 Å². The summed E-state index contributed by atoms with van der Waals surface area (Å²) in [6.45, 7) is 1.74. The Hall–Kier alpha value is -0.120. The molecule has 0 aromatic carbocycles. The van der Waals surface area contributed by atoms with Crippen molar-refractivity contribution in [3.63, 3.8) is 0 Å². The first-order valence-electron chi connectivity index (χ1n) is 5.07. The fourth-order valence-electron chi connectivity index (χ4n) is 1.31. The van der Waals surface area contributed by atoms with Gasteiger partial charge in [-0.15, -0.1) is 0 Å². The number of rotatable bonds is 8. The zero-order valence-corrected chi connectivity index (χ0v) is 8.50. The fourth-order valence-corrected chi connectivity index (χ4v) is 1.31. The lowest BCUT2D eigenvalue weighted by Crippen LogP contribution is -2.33. The number of hydrogen-bond donors (Lipinski definition) is 3. The van der Waals surface area contributed by atoms with Crippen molar-refractivity contribution >= 4 is 0 Å². The van der Waals surface area contributed by atoms with Gasteiger partial charge >= 0.3 is 0 Å². The van der Waals surface area contributed by atoms with Gasteiger partial charge in [0, 0.05) is 5.41 Å². The largest absolute Gasteiger partial charge is 0.396 e. The topological polar surface area (TPSA) is 60.7 Å². The fraction of sp³-hybridized carbons (Fsp3) is 1.00. The molecule has 0 aliphatic carbocycles. The van der Waals surface area contributed by atoms with Crippen LogP contribution in [-0.4, -0.2) is 35.1 Å². The predicted molar refractivity (Wildman–Crippen MR) is 52.4 cm³/mol. The van der Waals surface area contributed by atoms with Crippen molar-refractivity contribution in [2.24, 2.45) is 5.41 Å². The average Bonchev–Trinajstić information content (AvgIpc) is 2.20. The van der Waals surface area contributed by atoms with Crippen molar-refractivity contribution < 1.29 is 15.3 Å². The van der Waals surface area contributed by atoms with Crippen LogP contribution in [0.25, 0.3) is 0 Å². The van der Waals surface area contributed by atoms with Crippen LogP contribution in [0.5, 0.6) is 0 Å². The first kappa shape index (κ1) is 12.9. The molecule has 0 aromatic heterocycles. The second-order valence-corrected chi connectivity index (χ2v) is 3.79. The maximum Gasteiger partial charge on any atom is 0.0531 e. The van der Waals surface area contributed by atoms with Crippen molar-refractivity contribution in [3.8, 4) is 0 Å². The lowest BCUT2D eigenvalue weighted by Gasteiger charge is -2.27. The molecule has 0 aliphatic rings. The first-order valence-corrected chi connectivity index (χ1v) is 5.07. The second kappa shape index (κ2) is 7.30. The number of aliphatic hydroxyl groups is 3. The molecule has 0 amide bonds. The van der Waals surface area contributed by atoms with Crippen LogP contribution in [0.3, 0.4) is 0 Å². The molecule has 0 spiro atoms. The summed E-state index contributed by atoms with van der Waals surface area (Å²) in [6.07, 6.45) is 5.13. The molecule has 13 heavy (non-hydrogen) atoms.